The van der Waals surface area contributed by atoms with Crippen molar-refractivity contribution < 1.29 is 9.21 Å². The lowest BCUT2D eigenvalue weighted by atomic mass is 10.1. The first-order chi connectivity index (χ1) is 13.7. The molecular formula is C21H23N5O2. The summed E-state index contributed by atoms with van der Waals surface area (Å²) in [6, 6.07) is 11.5. The standard InChI is InChI=1S/C21H23N5O2/c1-16-23-24-20(28-16)18-3-2-4-19(15-18)21(27)26-13-11-25(12-14-26)10-7-17-5-8-22-9-6-17/h2-6,8-9,15H,7,10-14H2,1H3. The molecule has 0 atom stereocenters. The van der Waals surface area contributed by atoms with E-state index >= 15 is 0 Å². The number of carbonyl (C=O) groups excluding carboxylic acids is 1. The van der Waals surface area contributed by atoms with Crippen LogP contribution >= 0.6 is 0 Å². The van der Waals surface area contributed by atoms with Crippen LogP contribution in [-0.2, 0) is 6.42 Å². The van der Waals surface area contributed by atoms with Gasteiger partial charge in [0, 0.05) is 63.2 Å². The van der Waals surface area contributed by atoms with E-state index in [0.717, 1.165) is 44.7 Å². The van der Waals surface area contributed by atoms with Crippen molar-refractivity contribution in [3.05, 3.63) is 65.8 Å². The number of aromatic nitrogens is 3. The topological polar surface area (TPSA) is 75.4 Å². The van der Waals surface area contributed by atoms with Crippen molar-refractivity contribution in [2.75, 3.05) is 32.7 Å². The van der Waals surface area contributed by atoms with Gasteiger partial charge in [0.05, 0.1) is 0 Å². The fourth-order valence-corrected chi connectivity index (χ4v) is 3.39. The minimum atomic E-state index is 0.0480. The van der Waals surface area contributed by atoms with Gasteiger partial charge in [0.1, 0.15) is 0 Å². The van der Waals surface area contributed by atoms with Gasteiger partial charge < -0.3 is 9.32 Å². The minimum Gasteiger partial charge on any atom is -0.421 e. The van der Waals surface area contributed by atoms with Crippen molar-refractivity contribution in [1.82, 2.24) is 25.0 Å². The average molecular weight is 377 g/mol. The highest BCUT2D eigenvalue weighted by atomic mass is 16.4. The molecule has 1 aliphatic rings. The van der Waals surface area contributed by atoms with Gasteiger partial charge in [-0.3, -0.25) is 14.7 Å². The number of pyridine rings is 1. The van der Waals surface area contributed by atoms with E-state index in [1.54, 1.807) is 6.92 Å². The van der Waals surface area contributed by atoms with Crippen LogP contribution in [0.5, 0.6) is 0 Å². The molecule has 7 heteroatoms. The van der Waals surface area contributed by atoms with Crippen LogP contribution in [0.25, 0.3) is 11.5 Å². The van der Waals surface area contributed by atoms with Gasteiger partial charge in [0.25, 0.3) is 5.91 Å². The first-order valence-electron chi connectivity index (χ1n) is 9.50. The van der Waals surface area contributed by atoms with Gasteiger partial charge in [-0.2, -0.15) is 0 Å². The second-order valence-corrected chi connectivity index (χ2v) is 6.95. The van der Waals surface area contributed by atoms with Crippen molar-refractivity contribution in [1.29, 1.82) is 0 Å². The van der Waals surface area contributed by atoms with Crippen molar-refractivity contribution in [3.8, 4) is 11.5 Å². The molecule has 144 valence electrons. The van der Waals surface area contributed by atoms with E-state index in [0.29, 0.717) is 17.3 Å². The van der Waals surface area contributed by atoms with Crippen LogP contribution in [0.15, 0.2) is 53.2 Å². The Hall–Kier alpha value is -3.06. The second kappa shape index (κ2) is 8.31. The Morgan fingerprint density at radius 3 is 2.57 bits per heavy atom. The molecule has 0 N–H and O–H groups in total. The summed E-state index contributed by atoms with van der Waals surface area (Å²) in [7, 11) is 0. The number of hydrogen-bond acceptors (Lipinski definition) is 6. The molecule has 1 aliphatic heterocycles. The molecule has 1 saturated heterocycles. The summed E-state index contributed by atoms with van der Waals surface area (Å²) < 4.78 is 5.47. The summed E-state index contributed by atoms with van der Waals surface area (Å²) in [6.07, 6.45) is 4.66. The summed E-state index contributed by atoms with van der Waals surface area (Å²) >= 11 is 0. The number of aryl methyl sites for hydroxylation is 1. The molecule has 0 radical (unpaired) electrons. The predicted octanol–water partition coefficient (Wildman–Crippen LogP) is 2.44. The highest BCUT2D eigenvalue weighted by molar-refractivity contribution is 5.95. The number of benzene rings is 1. The van der Waals surface area contributed by atoms with Crippen LogP contribution in [0.2, 0.25) is 0 Å². The Morgan fingerprint density at radius 2 is 1.86 bits per heavy atom. The number of carbonyl (C=O) groups is 1. The largest absolute Gasteiger partial charge is 0.421 e. The molecule has 1 aromatic carbocycles. The van der Waals surface area contributed by atoms with E-state index in [1.165, 1.54) is 5.56 Å². The van der Waals surface area contributed by atoms with Crippen LogP contribution in [0, 0.1) is 6.92 Å². The molecule has 1 amide bonds. The van der Waals surface area contributed by atoms with E-state index in [2.05, 4.69) is 32.2 Å². The number of hydrogen-bond donors (Lipinski definition) is 0. The molecule has 2 aromatic heterocycles. The Bertz CT molecular complexity index is 933. The Balaban J connectivity index is 1.34. The lowest BCUT2D eigenvalue weighted by Gasteiger charge is -2.34. The third kappa shape index (κ3) is 4.26. The minimum absolute atomic E-state index is 0.0480. The lowest BCUT2D eigenvalue weighted by molar-refractivity contribution is 0.0638. The van der Waals surface area contributed by atoms with E-state index in [-0.39, 0.29) is 5.91 Å². The molecule has 3 heterocycles. The molecule has 7 nitrogen and oxygen atoms in total. The van der Waals surface area contributed by atoms with Gasteiger partial charge in [-0.1, -0.05) is 6.07 Å². The maximum atomic E-state index is 12.9. The van der Waals surface area contributed by atoms with Gasteiger partial charge in [-0.15, -0.1) is 10.2 Å². The van der Waals surface area contributed by atoms with Crippen LogP contribution < -0.4 is 0 Å². The highest BCUT2D eigenvalue weighted by Gasteiger charge is 2.22. The first-order valence-corrected chi connectivity index (χ1v) is 9.50. The zero-order chi connectivity index (χ0) is 19.3. The van der Waals surface area contributed by atoms with Gasteiger partial charge in [0.15, 0.2) is 0 Å². The Kier molecular flexibility index (Phi) is 5.43. The SMILES string of the molecule is Cc1nnc(-c2cccc(C(=O)N3CCN(CCc4ccncc4)CC3)c2)o1. The lowest BCUT2D eigenvalue weighted by Crippen LogP contribution is -2.49. The van der Waals surface area contributed by atoms with Crippen molar-refractivity contribution in [2.45, 2.75) is 13.3 Å². The molecule has 0 aliphatic carbocycles. The third-order valence-corrected chi connectivity index (χ3v) is 5.01. The number of nitrogens with zero attached hydrogens (tertiary/aromatic N) is 5. The van der Waals surface area contributed by atoms with E-state index in [4.69, 9.17) is 4.42 Å². The zero-order valence-electron chi connectivity index (χ0n) is 15.9. The summed E-state index contributed by atoms with van der Waals surface area (Å²) in [5.74, 6) is 0.995. The fraction of sp³-hybridized carbons (Fsp3) is 0.333. The maximum Gasteiger partial charge on any atom is 0.253 e. The van der Waals surface area contributed by atoms with Crippen molar-refractivity contribution in [3.63, 3.8) is 0 Å². The van der Waals surface area contributed by atoms with Crippen LogP contribution in [0.3, 0.4) is 0 Å². The number of piperazine rings is 1. The van der Waals surface area contributed by atoms with Crippen molar-refractivity contribution >= 4 is 5.91 Å². The average Bonchev–Trinajstić information content (AvgIpc) is 3.19. The van der Waals surface area contributed by atoms with Crippen LogP contribution in [0.4, 0.5) is 0 Å². The fourth-order valence-electron chi connectivity index (χ4n) is 3.39. The monoisotopic (exact) mass is 377 g/mol. The Morgan fingerprint density at radius 1 is 1.07 bits per heavy atom. The molecule has 0 unspecified atom stereocenters. The number of amides is 1. The number of rotatable bonds is 5. The second-order valence-electron chi connectivity index (χ2n) is 6.95. The molecule has 0 saturated carbocycles. The van der Waals surface area contributed by atoms with Crippen molar-refractivity contribution in [2.24, 2.45) is 0 Å². The molecule has 0 spiro atoms. The first kappa shape index (κ1) is 18.3. The van der Waals surface area contributed by atoms with E-state index in [1.807, 2.05) is 41.6 Å². The quantitative estimate of drug-likeness (QED) is 0.680. The molecule has 4 rings (SSSR count). The molecule has 1 fully saturated rings. The summed E-state index contributed by atoms with van der Waals surface area (Å²) in [4.78, 5) is 21.3. The zero-order valence-corrected chi connectivity index (χ0v) is 15.9. The molecule has 3 aromatic rings. The van der Waals surface area contributed by atoms with Gasteiger partial charge in [-0.05, 0) is 42.3 Å². The van der Waals surface area contributed by atoms with Gasteiger partial charge >= 0.3 is 0 Å². The summed E-state index contributed by atoms with van der Waals surface area (Å²) in [5, 5.41) is 7.89. The normalized spacial score (nSPS) is 15.0. The Labute approximate surface area is 164 Å². The van der Waals surface area contributed by atoms with Crippen LogP contribution in [0.1, 0.15) is 21.8 Å². The molecule has 0 bridgehead atoms. The summed E-state index contributed by atoms with van der Waals surface area (Å²) in [5.41, 5.74) is 2.71. The van der Waals surface area contributed by atoms with Gasteiger partial charge in [-0.25, -0.2) is 0 Å². The van der Waals surface area contributed by atoms with E-state index < -0.39 is 0 Å². The highest BCUT2D eigenvalue weighted by Crippen LogP contribution is 2.20. The maximum absolute atomic E-state index is 12.9. The third-order valence-electron chi connectivity index (χ3n) is 5.01. The smallest absolute Gasteiger partial charge is 0.253 e. The summed E-state index contributed by atoms with van der Waals surface area (Å²) in [6.45, 7) is 5.99. The molecular weight excluding hydrogens is 354 g/mol. The predicted molar refractivity (Wildman–Crippen MR) is 105 cm³/mol. The van der Waals surface area contributed by atoms with E-state index in [9.17, 15) is 4.79 Å². The molecule has 28 heavy (non-hydrogen) atoms. The van der Waals surface area contributed by atoms with Gasteiger partial charge in [0.2, 0.25) is 11.8 Å². The van der Waals surface area contributed by atoms with Crippen LogP contribution in [-0.4, -0.2) is 63.6 Å².